The molecule has 0 saturated heterocycles. The third-order valence-electron chi connectivity index (χ3n) is 3.52. The first kappa shape index (κ1) is 19.4. The van der Waals surface area contributed by atoms with Gasteiger partial charge in [0.05, 0.1) is 0 Å². The fourth-order valence-corrected chi connectivity index (χ4v) is 3.29. The molecule has 0 bridgehead atoms. The van der Waals surface area contributed by atoms with E-state index in [4.69, 9.17) is 4.52 Å². The van der Waals surface area contributed by atoms with Crippen LogP contribution >= 0.6 is 11.3 Å². The Hall–Kier alpha value is -1.89. The number of rotatable bonds is 6. The Morgan fingerprint density at radius 1 is 1.36 bits per heavy atom. The summed E-state index contributed by atoms with van der Waals surface area (Å²) >= 11 is 1.84. The Labute approximate surface area is 154 Å². The summed E-state index contributed by atoms with van der Waals surface area (Å²) in [6.07, 6.45) is 0.972. The molecule has 2 aromatic rings. The lowest BCUT2D eigenvalue weighted by molar-refractivity contribution is 0.318. The van der Waals surface area contributed by atoms with Gasteiger partial charge in [-0.25, -0.2) is 4.99 Å². The highest BCUT2D eigenvalue weighted by molar-refractivity contribution is 7.11. The Balaban J connectivity index is 1.96. The lowest BCUT2D eigenvalue weighted by Crippen LogP contribution is -2.43. The number of aromatic nitrogens is 2. The normalized spacial score (nSPS) is 13.8. The number of nitrogens with zero attached hydrogens (tertiary/aromatic N) is 3. The number of guanidine groups is 1. The predicted octanol–water partition coefficient (Wildman–Crippen LogP) is 3.42. The van der Waals surface area contributed by atoms with E-state index in [1.54, 1.807) is 0 Å². The van der Waals surface area contributed by atoms with Crippen LogP contribution in [0, 0.1) is 6.92 Å². The van der Waals surface area contributed by atoms with Crippen LogP contribution in [-0.2, 0) is 18.4 Å². The molecule has 2 heterocycles. The van der Waals surface area contributed by atoms with Crippen molar-refractivity contribution in [1.82, 2.24) is 20.8 Å². The molecular formula is C18H29N5OS. The van der Waals surface area contributed by atoms with E-state index in [1.807, 2.05) is 32.1 Å². The smallest absolute Gasteiger partial charge is 0.232 e. The second-order valence-corrected chi connectivity index (χ2v) is 8.60. The standard InChI is InChI=1S/C18H29N5OS/c1-7-19-17(21-12(2)10-14-9-8-13(3)25-14)20-11-15-22-16(24-23-15)18(4,5)6/h8-9,12H,7,10-11H2,1-6H3,(H2,19,20,21). The molecule has 2 rings (SSSR count). The Morgan fingerprint density at radius 2 is 2.12 bits per heavy atom. The van der Waals surface area contributed by atoms with Crippen molar-refractivity contribution in [3.8, 4) is 0 Å². The third-order valence-corrected chi connectivity index (χ3v) is 4.54. The van der Waals surface area contributed by atoms with E-state index < -0.39 is 0 Å². The quantitative estimate of drug-likeness (QED) is 0.607. The molecule has 2 N–H and O–H groups in total. The minimum atomic E-state index is -0.148. The number of hydrogen-bond acceptors (Lipinski definition) is 5. The van der Waals surface area contributed by atoms with E-state index in [-0.39, 0.29) is 11.5 Å². The average Bonchev–Trinajstić information content (AvgIpc) is 3.13. The second kappa shape index (κ2) is 8.47. The Morgan fingerprint density at radius 3 is 2.68 bits per heavy atom. The molecule has 0 aliphatic carbocycles. The van der Waals surface area contributed by atoms with Crippen LogP contribution in [0.5, 0.6) is 0 Å². The van der Waals surface area contributed by atoms with Crippen LogP contribution in [0.25, 0.3) is 0 Å². The van der Waals surface area contributed by atoms with E-state index >= 15 is 0 Å². The van der Waals surface area contributed by atoms with Crippen molar-refractivity contribution in [3.05, 3.63) is 33.6 Å². The van der Waals surface area contributed by atoms with Crippen LogP contribution < -0.4 is 10.6 Å². The van der Waals surface area contributed by atoms with Crippen LogP contribution in [0.2, 0.25) is 0 Å². The van der Waals surface area contributed by atoms with Crippen LogP contribution in [0.4, 0.5) is 0 Å². The van der Waals surface area contributed by atoms with E-state index in [0.29, 0.717) is 18.3 Å². The number of hydrogen-bond donors (Lipinski definition) is 2. The van der Waals surface area contributed by atoms with Crippen LogP contribution in [0.1, 0.15) is 56.1 Å². The first-order valence-electron chi connectivity index (χ1n) is 8.71. The van der Waals surface area contributed by atoms with E-state index in [2.05, 4.69) is 58.7 Å². The summed E-state index contributed by atoms with van der Waals surface area (Å²) in [6, 6.07) is 4.64. The van der Waals surface area contributed by atoms with E-state index in [9.17, 15) is 0 Å². The van der Waals surface area contributed by atoms with Gasteiger partial charge < -0.3 is 15.2 Å². The summed E-state index contributed by atoms with van der Waals surface area (Å²) in [6.45, 7) is 13.7. The van der Waals surface area contributed by atoms with E-state index in [0.717, 1.165) is 18.9 Å². The molecule has 1 unspecified atom stereocenters. The zero-order valence-corrected chi connectivity index (χ0v) is 16.8. The van der Waals surface area contributed by atoms with Gasteiger partial charge >= 0.3 is 0 Å². The molecular weight excluding hydrogens is 334 g/mol. The lowest BCUT2D eigenvalue weighted by Gasteiger charge is -2.17. The predicted molar refractivity (Wildman–Crippen MR) is 103 cm³/mol. The van der Waals surface area contributed by atoms with Crippen LogP contribution in [-0.4, -0.2) is 28.7 Å². The minimum absolute atomic E-state index is 0.148. The number of thiophene rings is 1. The van der Waals surface area contributed by atoms with Crippen LogP contribution in [0.3, 0.4) is 0 Å². The fourth-order valence-electron chi connectivity index (χ4n) is 2.27. The highest BCUT2D eigenvalue weighted by atomic mass is 32.1. The monoisotopic (exact) mass is 363 g/mol. The SMILES string of the molecule is CCNC(=NCc1noc(C(C)(C)C)n1)NC(C)Cc1ccc(C)s1. The third kappa shape index (κ3) is 6.16. The molecule has 0 aliphatic rings. The topological polar surface area (TPSA) is 75.3 Å². The lowest BCUT2D eigenvalue weighted by atomic mass is 9.97. The van der Waals surface area contributed by atoms with Gasteiger partial charge in [0, 0.05) is 34.2 Å². The number of aryl methyl sites for hydroxylation is 1. The maximum absolute atomic E-state index is 5.31. The molecule has 1 atom stereocenters. The molecule has 2 aromatic heterocycles. The first-order valence-corrected chi connectivity index (χ1v) is 9.52. The van der Waals surface area contributed by atoms with Gasteiger partial charge in [-0.1, -0.05) is 25.9 Å². The summed E-state index contributed by atoms with van der Waals surface area (Å²) in [5.74, 6) is 2.01. The molecule has 0 amide bonds. The van der Waals surface area contributed by atoms with Crippen molar-refractivity contribution in [2.24, 2.45) is 4.99 Å². The van der Waals surface area contributed by atoms with Gasteiger partial charge in [0.25, 0.3) is 0 Å². The molecule has 0 aromatic carbocycles. The average molecular weight is 364 g/mol. The van der Waals surface area contributed by atoms with Crippen molar-refractivity contribution < 1.29 is 4.52 Å². The number of nitrogens with one attached hydrogen (secondary N) is 2. The molecule has 6 nitrogen and oxygen atoms in total. The van der Waals surface area contributed by atoms with E-state index in [1.165, 1.54) is 9.75 Å². The second-order valence-electron chi connectivity index (χ2n) is 7.22. The van der Waals surface area contributed by atoms with Gasteiger partial charge in [0.15, 0.2) is 11.8 Å². The van der Waals surface area contributed by atoms with Gasteiger partial charge in [0.1, 0.15) is 6.54 Å². The number of aliphatic imine (C=N–C) groups is 1. The van der Waals surface area contributed by atoms with Crippen LogP contribution in [0.15, 0.2) is 21.6 Å². The minimum Gasteiger partial charge on any atom is -0.357 e. The van der Waals surface area contributed by atoms with Gasteiger partial charge in [0.2, 0.25) is 5.89 Å². The maximum atomic E-state index is 5.31. The molecule has 0 saturated carbocycles. The van der Waals surface area contributed by atoms with Crippen molar-refractivity contribution in [2.75, 3.05) is 6.54 Å². The molecule has 0 aliphatic heterocycles. The van der Waals surface area contributed by atoms with Gasteiger partial charge in [-0.2, -0.15) is 4.98 Å². The molecule has 7 heteroatoms. The Bertz CT molecular complexity index is 698. The summed E-state index contributed by atoms with van der Waals surface area (Å²) < 4.78 is 5.31. The highest BCUT2D eigenvalue weighted by Gasteiger charge is 2.21. The first-order chi connectivity index (χ1) is 11.8. The van der Waals surface area contributed by atoms with Crippen molar-refractivity contribution >= 4 is 17.3 Å². The Kier molecular flexibility index (Phi) is 6.58. The highest BCUT2D eigenvalue weighted by Crippen LogP contribution is 2.19. The molecule has 0 spiro atoms. The zero-order chi connectivity index (χ0) is 18.4. The molecule has 25 heavy (non-hydrogen) atoms. The molecule has 0 radical (unpaired) electrons. The summed E-state index contributed by atoms with van der Waals surface area (Å²) in [7, 11) is 0. The summed E-state index contributed by atoms with van der Waals surface area (Å²) in [5, 5.41) is 10.7. The van der Waals surface area contributed by atoms with Gasteiger partial charge in [-0.15, -0.1) is 11.3 Å². The fraction of sp³-hybridized carbons (Fsp3) is 0.611. The molecule has 0 fully saturated rings. The largest absolute Gasteiger partial charge is 0.357 e. The summed E-state index contributed by atoms with van der Waals surface area (Å²) in [4.78, 5) is 11.7. The van der Waals surface area contributed by atoms with Gasteiger partial charge in [-0.3, -0.25) is 0 Å². The van der Waals surface area contributed by atoms with Crippen molar-refractivity contribution in [2.45, 2.75) is 66.0 Å². The van der Waals surface area contributed by atoms with Crippen molar-refractivity contribution in [1.29, 1.82) is 0 Å². The van der Waals surface area contributed by atoms with Crippen molar-refractivity contribution in [3.63, 3.8) is 0 Å². The molecule has 138 valence electrons. The van der Waals surface area contributed by atoms with Gasteiger partial charge in [-0.05, 0) is 32.9 Å². The summed E-state index contributed by atoms with van der Waals surface area (Å²) in [5.41, 5.74) is -0.148. The maximum Gasteiger partial charge on any atom is 0.232 e. The zero-order valence-electron chi connectivity index (χ0n) is 16.0.